The molecule has 0 spiro atoms. The smallest absolute Gasteiger partial charge is 0.194 e. The summed E-state index contributed by atoms with van der Waals surface area (Å²) in [6.07, 6.45) is 4.57. The summed E-state index contributed by atoms with van der Waals surface area (Å²) in [6.45, 7) is 8.10. The fourth-order valence-corrected chi connectivity index (χ4v) is 3.02. The molecule has 0 saturated carbocycles. The molecule has 21 heavy (non-hydrogen) atoms. The number of hydrogen-bond donors (Lipinski definition) is 1. The van der Waals surface area contributed by atoms with Crippen LogP contribution in [0.5, 0.6) is 0 Å². The highest BCUT2D eigenvalue weighted by Gasteiger charge is 2.38. The van der Waals surface area contributed by atoms with Gasteiger partial charge in [0.2, 0.25) is 0 Å². The molecule has 114 valence electrons. The summed E-state index contributed by atoms with van der Waals surface area (Å²) in [4.78, 5) is 20.1. The monoisotopic (exact) mass is 290 g/mol. The van der Waals surface area contributed by atoms with E-state index in [4.69, 9.17) is 4.74 Å². The van der Waals surface area contributed by atoms with E-state index in [0.717, 1.165) is 56.8 Å². The first-order chi connectivity index (χ1) is 10.2. The van der Waals surface area contributed by atoms with Gasteiger partial charge in [-0.05, 0) is 13.0 Å². The molecule has 6 heteroatoms. The molecule has 1 aromatic rings. The van der Waals surface area contributed by atoms with Gasteiger partial charge in [0.1, 0.15) is 0 Å². The average Bonchev–Trinajstić information content (AvgIpc) is 2.91. The molecule has 2 fully saturated rings. The molecule has 0 bridgehead atoms. The summed E-state index contributed by atoms with van der Waals surface area (Å²) in [5.74, 6) is 0. The molecule has 2 aliphatic rings. The number of hydrogen-bond acceptors (Lipinski definition) is 6. The summed E-state index contributed by atoms with van der Waals surface area (Å²) >= 11 is 0. The van der Waals surface area contributed by atoms with Gasteiger partial charge in [0.25, 0.3) is 0 Å². The lowest BCUT2D eigenvalue weighted by molar-refractivity contribution is -0.123. The molecule has 0 amide bonds. The van der Waals surface area contributed by atoms with Crippen LogP contribution >= 0.6 is 0 Å². The van der Waals surface area contributed by atoms with Crippen LogP contribution in [0.2, 0.25) is 0 Å². The molecule has 2 saturated heterocycles. The minimum atomic E-state index is -0.862. The van der Waals surface area contributed by atoms with Crippen molar-refractivity contribution in [2.75, 3.05) is 44.2 Å². The Kier molecular flexibility index (Phi) is 4.19. The second-order valence-corrected chi connectivity index (χ2v) is 5.70. The van der Waals surface area contributed by atoms with Crippen molar-refractivity contribution < 1.29 is 9.53 Å². The van der Waals surface area contributed by atoms with Crippen LogP contribution in [0.4, 0.5) is 5.69 Å². The number of rotatable bonds is 4. The highest BCUT2D eigenvalue weighted by Crippen LogP contribution is 2.31. The van der Waals surface area contributed by atoms with E-state index in [0.29, 0.717) is 6.61 Å². The SMILES string of the molecule is CC1(C=O)OCCN1c1ccncc1CN1CCNCC1. The Balaban J connectivity index is 1.83. The minimum absolute atomic E-state index is 0.574. The van der Waals surface area contributed by atoms with Gasteiger partial charge in [-0.2, -0.15) is 0 Å². The van der Waals surface area contributed by atoms with Gasteiger partial charge < -0.3 is 15.0 Å². The molecule has 0 aromatic carbocycles. The van der Waals surface area contributed by atoms with Crippen LogP contribution in [0.1, 0.15) is 12.5 Å². The van der Waals surface area contributed by atoms with Crippen LogP contribution in [0.15, 0.2) is 18.5 Å². The molecule has 1 aromatic heterocycles. The molecule has 1 unspecified atom stereocenters. The predicted molar refractivity (Wildman–Crippen MR) is 80.2 cm³/mol. The Morgan fingerprint density at radius 2 is 2.24 bits per heavy atom. The topological polar surface area (TPSA) is 57.7 Å². The van der Waals surface area contributed by atoms with Crippen molar-refractivity contribution in [2.24, 2.45) is 0 Å². The third kappa shape index (κ3) is 2.92. The van der Waals surface area contributed by atoms with Crippen molar-refractivity contribution >= 4 is 12.0 Å². The normalized spacial score (nSPS) is 27.0. The van der Waals surface area contributed by atoms with Crippen LogP contribution in [0.25, 0.3) is 0 Å². The molecular formula is C15H22N4O2. The van der Waals surface area contributed by atoms with Crippen LogP contribution in [0, 0.1) is 0 Å². The highest BCUT2D eigenvalue weighted by atomic mass is 16.5. The van der Waals surface area contributed by atoms with E-state index in [2.05, 4.69) is 15.2 Å². The van der Waals surface area contributed by atoms with Gasteiger partial charge in [0, 0.05) is 62.9 Å². The number of aldehydes is 1. The van der Waals surface area contributed by atoms with E-state index < -0.39 is 5.72 Å². The van der Waals surface area contributed by atoms with E-state index in [-0.39, 0.29) is 0 Å². The molecule has 0 radical (unpaired) electrons. The minimum Gasteiger partial charge on any atom is -0.347 e. The quantitative estimate of drug-likeness (QED) is 0.802. The second kappa shape index (κ2) is 6.09. The predicted octanol–water partition coefficient (Wildman–Crippen LogP) is 0.239. The number of nitrogens with one attached hydrogen (secondary N) is 1. The fraction of sp³-hybridized carbons (Fsp3) is 0.600. The van der Waals surface area contributed by atoms with E-state index >= 15 is 0 Å². The lowest BCUT2D eigenvalue weighted by Gasteiger charge is -2.33. The zero-order valence-electron chi connectivity index (χ0n) is 12.4. The number of anilines is 1. The van der Waals surface area contributed by atoms with Gasteiger partial charge in [0.05, 0.1) is 6.61 Å². The van der Waals surface area contributed by atoms with Crippen molar-refractivity contribution in [3.63, 3.8) is 0 Å². The number of carbonyl (C=O) groups is 1. The second-order valence-electron chi connectivity index (χ2n) is 5.70. The Morgan fingerprint density at radius 1 is 1.43 bits per heavy atom. The Bertz CT molecular complexity index is 504. The molecule has 3 rings (SSSR count). The first-order valence-electron chi connectivity index (χ1n) is 7.47. The molecule has 1 atom stereocenters. The van der Waals surface area contributed by atoms with Crippen molar-refractivity contribution in [1.29, 1.82) is 0 Å². The van der Waals surface area contributed by atoms with Gasteiger partial charge >= 0.3 is 0 Å². The summed E-state index contributed by atoms with van der Waals surface area (Å²) in [6, 6.07) is 1.98. The first-order valence-corrected chi connectivity index (χ1v) is 7.47. The van der Waals surface area contributed by atoms with Crippen LogP contribution in [-0.2, 0) is 16.1 Å². The zero-order valence-corrected chi connectivity index (χ0v) is 12.4. The molecular weight excluding hydrogens is 268 g/mol. The van der Waals surface area contributed by atoms with E-state index in [1.807, 2.05) is 24.1 Å². The lowest BCUT2D eigenvalue weighted by Crippen LogP contribution is -2.45. The fourth-order valence-electron chi connectivity index (χ4n) is 3.02. The lowest BCUT2D eigenvalue weighted by atomic mass is 10.1. The van der Waals surface area contributed by atoms with Crippen LogP contribution < -0.4 is 10.2 Å². The maximum atomic E-state index is 11.4. The van der Waals surface area contributed by atoms with Crippen LogP contribution in [-0.4, -0.2) is 61.2 Å². The number of pyridine rings is 1. The number of ether oxygens (including phenoxy) is 1. The summed E-state index contributed by atoms with van der Waals surface area (Å²) in [7, 11) is 0. The van der Waals surface area contributed by atoms with Crippen molar-refractivity contribution in [2.45, 2.75) is 19.2 Å². The number of nitrogens with zero attached hydrogens (tertiary/aromatic N) is 3. The Morgan fingerprint density at radius 3 is 3.00 bits per heavy atom. The van der Waals surface area contributed by atoms with Crippen LogP contribution in [0.3, 0.4) is 0 Å². The maximum Gasteiger partial charge on any atom is 0.194 e. The largest absolute Gasteiger partial charge is 0.347 e. The first kappa shape index (κ1) is 14.4. The van der Waals surface area contributed by atoms with Gasteiger partial charge in [-0.25, -0.2) is 0 Å². The van der Waals surface area contributed by atoms with Gasteiger partial charge in [-0.15, -0.1) is 0 Å². The van der Waals surface area contributed by atoms with Crippen molar-refractivity contribution in [3.8, 4) is 0 Å². The van der Waals surface area contributed by atoms with Gasteiger partial charge in [-0.3, -0.25) is 14.7 Å². The molecule has 2 aliphatic heterocycles. The standard InChI is InChI=1S/C15H22N4O2/c1-15(12-20)19(8-9-21-15)14-2-3-17-10-13(14)11-18-6-4-16-5-7-18/h2-3,10,12,16H,4-9,11H2,1H3. The molecule has 6 nitrogen and oxygen atoms in total. The molecule has 0 aliphatic carbocycles. The van der Waals surface area contributed by atoms with E-state index in [1.54, 1.807) is 6.20 Å². The summed E-state index contributed by atoms with van der Waals surface area (Å²) in [5, 5.41) is 3.36. The number of carbonyl (C=O) groups excluding carboxylic acids is 1. The van der Waals surface area contributed by atoms with Gasteiger partial charge in [0.15, 0.2) is 12.0 Å². The summed E-state index contributed by atoms with van der Waals surface area (Å²) in [5.41, 5.74) is 1.34. The average molecular weight is 290 g/mol. The third-order valence-electron chi connectivity index (χ3n) is 4.24. The van der Waals surface area contributed by atoms with E-state index in [1.165, 1.54) is 0 Å². The number of aromatic nitrogens is 1. The Hall–Kier alpha value is -1.50. The van der Waals surface area contributed by atoms with Crippen molar-refractivity contribution in [3.05, 3.63) is 24.0 Å². The third-order valence-corrected chi connectivity index (χ3v) is 4.24. The van der Waals surface area contributed by atoms with Gasteiger partial charge in [-0.1, -0.05) is 0 Å². The van der Waals surface area contributed by atoms with Crippen molar-refractivity contribution in [1.82, 2.24) is 15.2 Å². The summed E-state index contributed by atoms with van der Waals surface area (Å²) < 4.78 is 5.62. The maximum absolute atomic E-state index is 11.4. The molecule has 3 heterocycles. The number of piperazine rings is 1. The Labute approximate surface area is 125 Å². The zero-order chi connectivity index (χ0) is 14.7. The van der Waals surface area contributed by atoms with E-state index in [9.17, 15) is 4.79 Å². The molecule has 1 N–H and O–H groups in total. The highest BCUT2D eigenvalue weighted by molar-refractivity contribution is 5.71.